The summed E-state index contributed by atoms with van der Waals surface area (Å²) in [4.78, 5) is 25.1. The summed E-state index contributed by atoms with van der Waals surface area (Å²) in [5.74, 6) is -1.41. The second-order valence-corrected chi connectivity index (χ2v) is 5.96. The van der Waals surface area contributed by atoms with Crippen LogP contribution in [0, 0.1) is 0 Å². The van der Waals surface area contributed by atoms with Crippen LogP contribution in [0.3, 0.4) is 0 Å². The van der Waals surface area contributed by atoms with Gasteiger partial charge in [0.05, 0.1) is 0 Å². The number of carboxylic acids is 1. The monoisotopic (exact) mass is 270 g/mol. The van der Waals surface area contributed by atoms with Gasteiger partial charge in [-0.2, -0.15) is 0 Å². The third-order valence-electron chi connectivity index (χ3n) is 2.48. The van der Waals surface area contributed by atoms with Gasteiger partial charge in [0.15, 0.2) is 0 Å². The highest BCUT2D eigenvalue weighted by Crippen LogP contribution is 2.22. The molecule has 0 aliphatic rings. The standard InChI is InChI=1S/C12H18N2O3S/c1-12(2,3)14(7-9(15)16)11(17)10(13)8-5-4-6-18-8/h4-6,10H,7,13H2,1-3H3,(H,15,16). The predicted octanol–water partition coefficient (Wildman–Crippen LogP) is 1.46. The van der Waals surface area contributed by atoms with Crippen LogP contribution >= 0.6 is 11.3 Å². The van der Waals surface area contributed by atoms with E-state index in [9.17, 15) is 9.59 Å². The highest BCUT2D eigenvalue weighted by atomic mass is 32.1. The number of carboxylic acid groups (broad SMARTS) is 1. The zero-order valence-corrected chi connectivity index (χ0v) is 11.5. The van der Waals surface area contributed by atoms with Gasteiger partial charge in [-0.25, -0.2) is 0 Å². The van der Waals surface area contributed by atoms with Gasteiger partial charge in [0.2, 0.25) is 5.91 Å². The molecule has 6 heteroatoms. The predicted molar refractivity (Wildman–Crippen MR) is 70.3 cm³/mol. The molecule has 1 amide bonds. The van der Waals surface area contributed by atoms with Crippen molar-refractivity contribution in [3.8, 4) is 0 Å². The first-order valence-electron chi connectivity index (χ1n) is 5.55. The van der Waals surface area contributed by atoms with E-state index in [1.165, 1.54) is 16.2 Å². The van der Waals surface area contributed by atoms with Gasteiger partial charge in [0.1, 0.15) is 12.6 Å². The van der Waals surface area contributed by atoms with Crippen molar-refractivity contribution in [3.05, 3.63) is 22.4 Å². The van der Waals surface area contributed by atoms with E-state index in [4.69, 9.17) is 10.8 Å². The van der Waals surface area contributed by atoms with Crippen molar-refractivity contribution in [2.24, 2.45) is 5.73 Å². The summed E-state index contributed by atoms with van der Waals surface area (Å²) in [6, 6.07) is 2.78. The minimum atomic E-state index is -1.04. The lowest BCUT2D eigenvalue weighted by molar-refractivity contribution is -0.149. The fraction of sp³-hybridized carbons (Fsp3) is 0.500. The van der Waals surface area contributed by atoms with Crippen molar-refractivity contribution < 1.29 is 14.7 Å². The first-order valence-corrected chi connectivity index (χ1v) is 6.43. The van der Waals surface area contributed by atoms with Crippen LogP contribution in [0.25, 0.3) is 0 Å². The number of aliphatic carboxylic acids is 1. The lowest BCUT2D eigenvalue weighted by atomic mass is 10.0. The van der Waals surface area contributed by atoms with E-state index in [-0.39, 0.29) is 12.5 Å². The summed E-state index contributed by atoms with van der Waals surface area (Å²) < 4.78 is 0. The molecular weight excluding hydrogens is 252 g/mol. The first kappa shape index (κ1) is 14.7. The molecule has 1 unspecified atom stereocenters. The van der Waals surface area contributed by atoms with E-state index in [2.05, 4.69) is 0 Å². The van der Waals surface area contributed by atoms with Crippen LogP contribution in [-0.4, -0.2) is 34.0 Å². The van der Waals surface area contributed by atoms with Crippen molar-refractivity contribution >= 4 is 23.2 Å². The molecule has 1 rings (SSSR count). The topological polar surface area (TPSA) is 83.6 Å². The Bertz CT molecular complexity index is 423. The Morgan fingerprint density at radius 3 is 2.50 bits per heavy atom. The van der Waals surface area contributed by atoms with Crippen LogP contribution < -0.4 is 5.73 Å². The lowest BCUT2D eigenvalue weighted by Crippen LogP contribution is -2.51. The summed E-state index contributed by atoms with van der Waals surface area (Å²) in [6.45, 7) is 5.01. The molecule has 0 aromatic carbocycles. The minimum absolute atomic E-state index is 0.346. The zero-order valence-electron chi connectivity index (χ0n) is 10.7. The van der Waals surface area contributed by atoms with Gasteiger partial charge in [-0.3, -0.25) is 9.59 Å². The Kier molecular flexibility index (Phi) is 4.48. The molecule has 0 aliphatic carbocycles. The van der Waals surface area contributed by atoms with Crippen LogP contribution in [-0.2, 0) is 9.59 Å². The highest BCUT2D eigenvalue weighted by molar-refractivity contribution is 7.10. The number of thiophene rings is 1. The second kappa shape index (κ2) is 5.49. The van der Waals surface area contributed by atoms with Gasteiger partial charge in [0, 0.05) is 10.4 Å². The normalized spacial score (nSPS) is 13.1. The Labute approximate surface area is 110 Å². The molecule has 1 aromatic rings. The smallest absolute Gasteiger partial charge is 0.323 e. The maximum absolute atomic E-state index is 12.3. The average Bonchev–Trinajstić information content (AvgIpc) is 2.75. The third-order valence-corrected chi connectivity index (χ3v) is 3.44. The quantitative estimate of drug-likeness (QED) is 0.867. The number of carbonyl (C=O) groups excluding carboxylic acids is 1. The Balaban J connectivity index is 2.92. The Morgan fingerprint density at radius 2 is 2.11 bits per heavy atom. The molecule has 18 heavy (non-hydrogen) atoms. The van der Waals surface area contributed by atoms with E-state index in [1.807, 2.05) is 11.4 Å². The van der Waals surface area contributed by atoms with Crippen LogP contribution in [0.4, 0.5) is 0 Å². The molecule has 0 aliphatic heterocycles. The van der Waals surface area contributed by atoms with Crippen molar-refractivity contribution in [2.75, 3.05) is 6.54 Å². The van der Waals surface area contributed by atoms with E-state index in [0.29, 0.717) is 0 Å². The summed E-state index contributed by atoms with van der Waals surface area (Å²) in [5.41, 5.74) is 5.30. The number of hydrogen-bond acceptors (Lipinski definition) is 4. The number of rotatable bonds is 4. The molecule has 1 atom stereocenters. The van der Waals surface area contributed by atoms with Gasteiger partial charge < -0.3 is 15.7 Å². The van der Waals surface area contributed by atoms with Gasteiger partial charge in [0.25, 0.3) is 0 Å². The summed E-state index contributed by atoms with van der Waals surface area (Å²) >= 11 is 1.39. The molecule has 0 bridgehead atoms. The number of carbonyl (C=O) groups is 2. The summed E-state index contributed by atoms with van der Waals surface area (Å²) in [5, 5.41) is 10.7. The number of nitrogens with two attached hydrogens (primary N) is 1. The largest absolute Gasteiger partial charge is 0.480 e. The van der Waals surface area contributed by atoms with Crippen molar-refractivity contribution in [1.82, 2.24) is 4.90 Å². The van der Waals surface area contributed by atoms with Crippen molar-refractivity contribution in [3.63, 3.8) is 0 Å². The zero-order chi connectivity index (χ0) is 13.9. The number of hydrogen-bond donors (Lipinski definition) is 2. The molecule has 0 saturated carbocycles. The maximum Gasteiger partial charge on any atom is 0.323 e. The second-order valence-electron chi connectivity index (χ2n) is 4.98. The van der Waals surface area contributed by atoms with Gasteiger partial charge in [-0.15, -0.1) is 11.3 Å². The SMILES string of the molecule is CC(C)(C)N(CC(=O)O)C(=O)C(N)c1cccs1. The Hall–Kier alpha value is -1.40. The van der Waals surface area contributed by atoms with Crippen molar-refractivity contribution in [2.45, 2.75) is 32.4 Å². The molecule has 100 valence electrons. The highest BCUT2D eigenvalue weighted by Gasteiger charge is 2.32. The van der Waals surface area contributed by atoms with Gasteiger partial charge in [-0.05, 0) is 32.2 Å². The Morgan fingerprint density at radius 1 is 1.50 bits per heavy atom. The molecule has 0 spiro atoms. The summed E-state index contributed by atoms with van der Waals surface area (Å²) in [6.07, 6.45) is 0. The van der Waals surface area contributed by atoms with E-state index >= 15 is 0 Å². The van der Waals surface area contributed by atoms with Crippen LogP contribution in [0.5, 0.6) is 0 Å². The third kappa shape index (κ3) is 3.54. The van der Waals surface area contributed by atoms with Crippen molar-refractivity contribution in [1.29, 1.82) is 0 Å². The number of nitrogens with zero attached hydrogens (tertiary/aromatic N) is 1. The van der Waals surface area contributed by atoms with Crippen LogP contribution in [0.1, 0.15) is 31.7 Å². The molecule has 3 N–H and O–H groups in total. The lowest BCUT2D eigenvalue weighted by Gasteiger charge is -2.35. The van der Waals surface area contributed by atoms with E-state index in [0.717, 1.165) is 4.88 Å². The van der Waals surface area contributed by atoms with Crippen LogP contribution in [0.2, 0.25) is 0 Å². The van der Waals surface area contributed by atoms with Gasteiger partial charge in [-0.1, -0.05) is 6.07 Å². The molecule has 5 nitrogen and oxygen atoms in total. The first-order chi connectivity index (χ1) is 8.23. The molecule has 0 radical (unpaired) electrons. The molecular formula is C12H18N2O3S. The van der Waals surface area contributed by atoms with Gasteiger partial charge >= 0.3 is 5.97 Å². The molecule has 0 saturated heterocycles. The molecule has 0 fully saturated rings. The number of amides is 1. The fourth-order valence-corrected chi connectivity index (χ4v) is 2.26. The van der Waals surface area contributed by atoms with Crippen LogP contribution in [0.15, 0.2) is 17.5 Å². The molecule has 1 aromatic heterocycles. The maximum atomic E-state index is 12.3. The van der Waals surface area contributed by atoms with E-state index < -0.39 is 17.6 Å². The van der Waals surface area contributed by atoms with E-state index in [1.54, 1.807) is 26.8 Å². The minimum Gasteiger partial charge on any atom is -0.480 e. The fourth-order valence-electron chi connectivity index (χ4n) is 1.54. The average molecular weight is 270 g/mol. The summed E-state index contributed by atoms with van der Waals surface area (Å²) in [7, 11) is 0. The molecule has 1 heterocycles.